The number of thiazole rings is 1. The van der Waals surface area contributed by atoms with Crippen LogP contribution in [0.2, 0.25) is 0 Å². The minimum atomic E-state index is -1.28. The van der Waals surface area contributed by atoms with E-state index < -0.39 is 59.5 Å². The van der Waals surface area contributed by atoms with E-state index in [2.05, 4.69) is 36.6 Å². The van der Waals surface area contributed by atoms with Crippen LogP contribution in [0.25, 0.3) is 0 Å². The van der Waals surface area contributed by atoms with Gasteiger partial charge in [-0.05, 0) is 49.8 Å². The molecule has 17 heteroatoms. The average molecular weight is 713 g/mol. The second-order valence-electron chi connectivity index (χ2n) is 12.6. The van der Waals surface area contributed by atoms with Crippen molar-refractivity contribution in [3.05, 3.63) is 52.7 Å². The molecule has 6 atom stereocenters. The predicted octanol–water partition coefficient (Wildman–Crippen LogP) is -0.362. The standard InChI is InChI=1S/C33H48N10O6S/c1-18(2)15-25(30(48)41-23(9-6-12-38-33(35)36)28(46)32-37-13-14-50-32)43-29(47)24(10-11-27(34)45)42-31(49)26(40-19(3)44)16-20-17-39-22-8-5-4-7-21(20)22/h4-5,7-8,13-14,17-18,21-26,39H,6,9-12,15-16H2,1-3H3,(H2,34,45)(H,40,44)(H,41,48)(H,42,49)(H,43,47)(H4,35,36,38)/t21?,22?,23-,24-,25-,26-/m0/s1. The van der Waals surface area contributed by atoms with Crippen molar-refractivity contribution in [2.24, 2.45) is 34.0 Å². The Bertz CT molecular complexity index is 1500. The van der Waals surface area contributed by atoms with Crippen LogP contribution in [0.4, 0.5) is 0 Å². The summed E-state index contributed by atoms with van der Waals surface area (Å²) < 4.78 is 0. The molecule has 1 aromatic rings. The summed E-state index contributed by atoms with van der Waals surface area (Å²) in [4.78, 5) is 86.2. The fourth-order valence-corrected chi connectivity index (χ4v) is 6.28. The number of rotatable bonds is 20. The molecular formula is C33H48N10O6S. The summed E-state index contributed by atoms with van der Waals surface area (Å²) in [6, 6.07) is -4.37. The molecule has 0 fully saturated rings. The SMILES string of the molecule is CC(=O)N[C@@H](CC1=CNC2C=CC=CC12)C(=O)N[C@@H](CCC(N)=O)C(=O)N[C@@H](CC(C)C)C(=O)N[C@@H](CCCN=C(N)N)C(=O)c1nccs1. The third-order valence-corrected chi connectivity index (χ3v) is 8.82. The fraction of sp³-hybridized carbons (Fsp3) is 0.515. The number of nitrogens with zero attached hydrogens (tertiary/aromatic N) is 2. The maximum absolute atomic E-state index is 13.7. The van der Waals surface area contributed by atoms with Gasteiger partial charge < -0.3 is 43.8 Å². The monoisotopic (exact) mass is 712 g/mol. The second-order valence-corrected chi connectivity index (χ2v) is 13.5. The highest BCUT2D eigenvalue weighted by molar-refractivity contribution is 7.11. The third-order valence-electron chi connectivity index (χ3n) is 8.03. The minimum Gasteiger partial charge on any atom is -0.384 e. The lowest BCUT2D eigenvalue weighted by Crippen LogP contribution is -2.58. The normalized spacial score (nSPS) is 18.4. The van der Waals surface area contributed by atoms with Gasteiger partial charge in [-0.1, -0.05) is 38.2 Å². The van der Waals surface area contributed by atoms with Gasteiger partial charge in [0.05, 0.1) is 12.1 Å². The molecule has 0 bridgehead atoms. The molecule has 272 valence electrons. The largest absolute Gasteiger partial charge is 0.384 e. The van der Waals surface area contributed by atoms with E-state index in [-0.39, 0.29) is 67.5 Å². The number of allylic oxidation sites excluding steroid dienone is 2. The maximum Gasteiger partial charge on any atom is 0.243 e. The topological polar surface area (TPSA) is 266 Å². The van der Waals surface area contributed by atoms with E-state index >= 15 is 0 Å². The van der Waals surface area contributed by atoms with Gasteiger partial charge in [0.2, 0.25) is 35.3 Å². The molecule has 0 saturated carbocycles. The number of amides is 5. The van der Waals surface area contributed by atoms with Crippen molar-refractivity contribution in [1.29, 1.82) is 0 Å². The highest BCUT2D eigenvalue weighted by Gasteiger charge is 2.34. The van der Waals surface area contributed by atoms with Gasteiger partial charge >= 0.3 is 0 Å². The highest BCUT2D eigenvalue weighted by atomic mass is 32.1. The molecule has 0 spiro atoms. The Kier molecular flexibility index (Phi) is 15.1. The van der Waals surface area contributed by atoms with E-state index in [0.29, 0.717) is 6.42 Å². The number of fused-ring (bicyclic) bond motifs is 1. The lowest BCUT2D eigenvalue weighted by molar-refractivity contribution is -0.134. The number of Topliss-reactive ketones (excluding diaryl/α,β-unsaturated/α-hetero) is 1. The summed E-state index contributed by atoms with van der Waals surface area (Å²) in [6.45, 7) is 5.24. The predicted molar refractivity (Wildman–Crippen MR) is 189 cm³/mol. The van der Waals surface area contributed by atoms with Crippen molar-refractivity contribution in [2.75, 3.05) is 6.54 Å². The fourth-order valence-electron chi connectivity index (χ4n) is 5.65. The summed E-state index contributed by atoms with van der Waals surface area (Å²) in [5.74, 6) is -3.72. The van der Waals surface area contributed by atoms with Crippen LogP contribution in [0, 0.1) is 11.8 Å². The van der Waals surface area contributed by atoms with Crippen LogP contribution >= 0.6 is 11.3 Å². The van der Waals surface area contributed by atoms with Gasteiger partial charge in [0.15, 0.2) is 11.0 Å². The van der Waals surface area contributed by atoms with Crippen LogP contribution in [-0.4, -0.2) is 83.0 Å². The first kappa shape index (κ1) is 39.4. The zero-order chi connectivity index (χ0) is 36.8. The van der Waals surface area contributed by atoms with Gasteiger partial charge in [-0.25, -0.2) is 4.98 Å². The van der Waals surface area contributed by atoms with E-state index in [0.717, 1.165) is 16.9 Å². The number of primary amides is 1. The molecule has 50 heavy (non-hydrogen) atoms. The van der Waals surface area contributed by atoms with Crippen molar-refractivity contribution in [2.45, 2.75) is 89.5 Å². The van der Waals surface area contributed by atoms with Crippen LogP contribution in [0.3, 0.4) is 0 Å². The number of nitrogens with two attached hydrogens (primary N) is 3. The van der Waals surface area contributed by atoms with Crippen LogP contribution in [0.1, 0.15) is 69.1 Å². The first-order valence-electron chi connectivity index (χ1n) is 16.5. The van der Waals surface area contributed by atoms with E-state index in [1.165, 1.54) is 13.1 Å². The Morgan fingerprint density at radius 2 is 1.56 bits per heavy atom. The molecule has 2 unspecified atom stereocenters. The number of aromatic nitrogens is 1. The van der Waals surface area contributed by atoms with Crippen molar-refractivity contribution >= 4 is 52.6 Å². The van der Waals surface area contributed by atoms with Crippen LogP contribution in [0.15, 0.2) is 52.6 Å². The van der Waals surface area contributed by atoms with Crippen molar-refractivity contribution in [3.63, 3.8) is 0 Å². The summed E-state index contributed by atoms with van der Waals surface area (Å²) in [7, 11) is 0. The summed E-state index contributed by atoms with van der Waals surface area (Å²) in [6.07, 6.45) is 11.7. The number of nitrogens with one attached hydrogen (secondary N) is 5. The van der Waals surface area contributed by atoms with Gasteiger partial charge in [0, 0.05) is 37.4 Å². The lowest BCUT2D eigenvalue weighted by atomic mass is 9.88. The first-order valence-corrected chi connectivity index (χ1v) is 17.4. The Morgan fingerprint density at radius 1 is 0.900 bits per heavy atom. The lowest BCUT2D eigenvalue weighted by Gasteiger charge is -2.27. The van der Waals surface area contributed by atoms with Crippen molar-refractivity contribution in [1.82, 2.24) is 31.6 Å². The summed E-state index contributed by atoms with van der Waals surface area (Å²) >= 11 is 1.13. The average Bonchev–Trinajstić information content (AvgIpc) is 3.73. The number of aliphatic imine (C=N–C) groups is 1. The van der Waals surface area contributed by atoms with Crippen molar-refractivity contribution in [3.8, 4) is 0 Å². The van der Waals surface area contributed by atoms with Gasteiger partial charge in [-0.3, -0.25) is 33.8 Å². The minimum absolute atomic E-state index is 0.00820. The smallest absolute Gasteiger partial charge is 0.243 e. The number of carbonyl (C=O) groups excluding carboxylic acids is 6. The third kappa shape index (κ3) is 12.4. The van der Waals surface area contributed by atoms with E-state index in [4.69, 9.17) is 17.2 Å². The number of hydrogen-bond donors (Lipinski definition) is 8. The summed E-state index contributed by atoms with van der Waals surface area (Å²) in [5.41, 5.74) is 17.1. The first-order chi connectivity index (χ1) is 23.7. The Balaban J connectivity index is 1.78. The Morgan fingerprint density at radius 3 is 2.20 bits per heavy atom. The number of ketones is 1. The van der Waals surface area contributed by atoms with Gasteiger partial charge in [-0.15, -0.1) is 11.3 Å². The maximum atomic E-state index is 13.7. The molecule has 16 nitrogen and oxygen atoms in total. The van der Waals surface area contributed by atoms with Gasteiger partial charge in [0.25, 0.3) is 0 Å². The zero-order valence-electron chi connectivity index (χ0n) is 28.5. The molecule has 11 N–H and O–H groups in total. The molecule has 1 aliphatic carbocycles. The van der Waals surface area contributed by atoms with Crippen LogP contribution in [0.5, 0.6) is 0 Å². The molecule has 0 radical (unpaired) electrons. The second kappa shape index (κ2) is 19.2. The van der Waals surface area contributed by atoms with E-state index in [1.807, 2.05) is 44.4 Å². The molecule has 2 heterocycles. The Hall–Kier alpha value is -5.06. The molecule has 1 aliphatic heterocycles. The van der Waals surface area contributed by atoms with Crippen LogP contribution in [-0.2, 0) is 24.0 Å². The highest BCUT2D eigenvalue weighted by Crippen LogP contribution is 2.29. The van der Waals surface area contributed by atoms with Gasteiger partial charge in [-0.2, -0.15) is 0 Å². The number of carbonyl (C=O) groups is 6. The van der Waals surface area contributed by atoms with Gasteiger partial charge in [0.1, 0.15) is 18.1 Å². The molecule has 0 aromatic carbocycles. The Labute approximate surface area is 295 Å². The van der Waals surface area contributed by atoms with Crippen molar-refractivity contribution < 1.29 is 28.8 Å². The molecular weight excluding hydrogens is 664 g/mol. The molecule has 2 aliphatic rings. The zero-order valence-corrected chi connectivity index (χ0v) is 29.3. The number of guanidine groups is 1. The molecule has 5 amide bonds. The summed E-state index contributed by atoms with van der Waals surface area (Å²) in [5, 5.41) is 15.9. The van der Waals surface area contributed by atoms with E-state index in [1.54, 1.807) is 5.38 Å². The van der Waals surface area contributed by atoms with Crippen LogP contribution < -0.4 is 43.8 Å². The van der Waals surface area contributed by atoms with E-state index in [9.17, 15) is 28.8 Å². The molecule has 3 rings (SSSR count). The molecule has 1 aromatic heterocycles. The quantitative estimate of drug-likeness (QED) is 0.0376. The number of hydrogen-bond acceptors (Lipinski definition) is 10. The molecule has 0 saturated heterocycles.